The maximum atomic E-state index is 13.2. The Balaban J connectivity index is 1.82. The lowest BCUT2D eigenvalue weighted by atomic mass is 9.94. The lowest BCUT2D eigenvalue weighted by Crippen LogP contribution is -2.32. The SMILES string of the molecule is CC1=C(C(=O)Nc2ccccc2)C(c2ccc(Cl)cc2)n2ncc(C(N)=O)c2N1. The second-order valence-electron chi connectivity index (χ2n) is 6.65. The molecular weight excluding hydrogens is 390 g/mol. The first kappa shape index (κ1) is 18.8. The molecule has 2 heterocycles. The molecule has 1 aliphatic rings. The molecule has 0 saturated carbocycles. The van der Waals surface area contributed by atoms with Gasteiger partial charge in [0.15, 0.2) is 0 Å². The fourth-order valence-corrected chi connectivity index (χ4v) is 3.53. The predicted molar refractivity (Wildman–Crippen MR) is 112 cm³/mol. The van der Waals surface area contributed by atoms with E-state index in [0.29, 0.717) is 27.8 Å². The number of hydrogen-bond donors (Lipinski definition) is 3. The highest BCUT2D eigenvalue weighted by Crippen LogP contribution is 2.37. The molecule has 2 amide bonds. The number of rotatable bonds is 4. The van der Waals surface area contributed by atoms with Gasteiger partial charge in [-0.1, -0.05) is 41.9 Å². The number of fused-ring (bicyclic) bond motifs is 1. The van der Waals surface area contributed by atoms with Crippen molar-refractivity contribution in [2.24, 2.45) is 5.73 Å². The van der Waals surface area contributed by atoms with Crippen LogP contribution < -0.4 is 16.4 Å². The molecule has 7 nitrogen and oxygen atoms in total. The molecule has 1 unspecified atom stereocenters. The Labute approximate surface area is 172 Å². The normalized spacial score (nSPS) is 15.4. The first-order chi connectivity index (χ1) is 14.0. The van der Waals surface area contributed by atoms with E-state index in [0.717, 1.165) is 5.56 Å². The van der Waals surface area contributed by atoms with Gasteiger partial charge in [-0.25, -0.2) is 4.68 Å². The van der Waals surface area contributed by atoms with Crippen molar-refractivity contribution in [2.45, 2.75) is 13.0 Å². The van der Waals surface area contributed by atoms with Gasteiger partial charge in [-0.2, -0.15) is 5.10 Å². The van der Waals surface area contributed by atoms with Gasteiger partial charge >= 0.3 is 0 Å². The van der Waals surface area contributed by atoms with Gasteiger partial charge in [0.1, 0.15) is 17.4 Å². The Bertz CT molecular complexity index is 1120. The predicted octanol–water partition coefficient (Wildman–Crippen LogP) is 3.56. The third-order valence-electron chi connectivity index (χ3n) is 4.75. The summed E-state index contributed by atoms with van der Waals surface area (Å²) in [4.78, 5) is 25.0. The van der Waals surface area contributed by atoms with Crippen molar-refractivity contribution in [1.82, 2.24) is 9.78 Å². The number of amides is 2. The van der Waals surface area contributed by atoms with Crippen LogP contribution in [-0.4, -0.2) is 21.6 Å². The summed E-state index contributed by atoms with van der Waals surface area (Å²) >= 11 is 6.04. The third-order valence-corrected chi connectivity index (χ3v) is 5.00. The smallest absolute Gasteiger partial charge is 0.255 e. The van der Waals surface area contributed by atoms with Crippen LogP contribution in [0.4, 0.5) is 11.5 Å². The van der Waals surface area contributed by atoms with E-state index in [1.54, 1.807) is 23.7 Å². The van der Waals surface area contributed by atoms with Crippen LogP contribution >= 0.6 is 11.6 Å². The summed E-state index contributed by atoms with van der Waals surface area (Å²) in [5.74, 6) is -0.423. The first-order valence-corrected chi connectivity index (χ1v) is 9.30. The Morgan fingerprint density at radius 2 is 1.83 bits per heavy atom. The van der Waals surface area contributed by atoms with Crippen LogP contribution in [0.3, 0.4) is 0 Å². The van der Waals surface area contributed by atoms with E-state index in [4.69, 9.17) is 17.3 Å². The van der Waals surface area contributed by atoms with Gasteiger partial charge in [0.25, 0.3) is 11.8 Å². The van der Waals surface area contributed by atoms with E-state index < -0.39 is 11.9 Å². The van der Waals surface area contributed by atoms with Crippen LogP contribution in [0.25, 0.3) is 0 Å². The van der Waals surface area contributed by atoms with Crippen molar-refractivity contribution >= 4 is 34.9 Å². The van der Waals surface area contributed by atoms with Gasteiger partial charge in [-0.15, -0.1) is 0 Å². The number of halogens is 1. The number of carbonyl (C=O) groups is 2. The van der Waals surface area contributed by atoms with Crippen LogP contribution in [0.1, 0.15) is 28.9 Å². The number of aromatic nitrogens is 2. The molecule has 0 radical (unpaired) electrons. The molecule has 29 heavy (non-hydrogen) atoms. The van der Waals surface area contributed by atoms with E-state index in [1.165, 1.54) is 6.20 Å². The zero-order valence-corrected chi connectivity index (χ0v) is 16.3. The van der Waals surface area contributed by atoms with Crippen molar-refractivity contribution in [3.8, 4) is 0 Å². The molecule has 0 bridgehead atoms. The zero-order valence-electron chi connectivity index (χ0n) is 15.5. The maximum Gasteiger partial charge on any atom is 0.255 e. The number of nitrogens with zero attached hydrogens (tertiary/aromatic N) is 2. The van der Waals surface area contributed by atoms with Crippen molar-refractivity contribution in [2.75, 3.05) is 10.6 Å². The minimum absolute atomic E-state index is 0.255. The average molecular weight is 408 g/mol. The van der Waals surface area contributed by atoms with Crippen LogP contribution in [0.15, 0.2) is 72.1 Å². The highest BCUT2D eigenvalue weighted by Gasteiger charge is 2.34. The van der Waals surface area contributed by atoms with Crippen LogP contribution in [0.5, 0.6) is 0 Å². The number of primary amides is 1. The van der Waals surface area contributed by atoms with E-state index in [2.05, 4.69) is 15.7 Å². The molecule has 0 saturated heterocycles. The number of benzene rings is 2. The second kappa shape index (κ2) is 7.44. The molecule has 4 rings (SSSR count). The van der Waals surface area contributed by atoms with E-state index in [1.807, 2.05) is 42.5 Å². The van der Waals surface area contributed by atoms with Crippen molar-refractivity contribution < 1.29 is 9.59 Å². The number of allylic oxidation sites excluding steroid dienone is 1. The molecule has 0 aliphatic carbocycles. The summed E-state index contributed by atoms with van der Waals surface area (Å²) in [6, 6.07) is 15.8. The molecule has 0 fully saturated rings. The molecule has 0 spiro atoms. The highest BCUT2D eigenvalue weighted by atomic mass is 35.5. The zero-order chi connectivity index (χ0) is 20.5. The summed E-state index contributed by atoms with van der Waals surface area (Å²) in [6.07, 6.45) is 1.40. The molecule has 1 atom stereocenters. The van der Waals surface area contributed by atoms with Crippen molar-refractivity contribution in [3.63, 3.8) is 0 Å². The van der Waals surface area contributed by atoms with Gasteiger partial charge in [0, 0.05) is 16.4 Å². The highest BCUT2D eigenvalue weighted by molar-refractivity contribution is 6.30. The number of hydrogen-bond acceptors (Lipinski definition) is 4. The van der Waals surface area contributed by atoms with Gasteiger partial charge in [-0.05, 0) is 36.8 Å². The Hall–Kier alpha value is -3.58. The van der Waals surface area contributed by atoms with E-state index in [9.17, 15) is 9.59 Å². The Morgan fingerprint density at radius 1 is 1.14 bits per heavy atom. The fourth-order valence-electron chi connectivity index (χ4n) is 3.40. The topological polar surface area (TPSA) is 102 Å². The van der Waals surface area contributed by atoms with Crippen LogP contribution in [-0.2, 0) is 4.79 Å². The van der Waals surface area contributed by atoms with Gasteiger partial charge in [0.05, 0.1) is 11.8 Å². The molecule has 1 aliphatic heterocycles. The number of para-hydroxylation sites is 1. The van der Waals surface area contributed by atoms with Crippen LogP contribution in [0.2, 0.25) is 5.02 Å². The quantitative estimate of drug-likeness (QED) is 0.615. The Morgan fingerprint density at radius 3 is 2.48 bits per heavy atom. The lowest BCUT2D eigenvalue weighted by Gasteiger charge is -2.30. The largest absolute Gasteiger partial charge is 0.365 e. The summed E-state index contributed by atoms with van der Waals surface area (Å²) in [7, 11) is 0. The molecule has 146 valence electrons. The Kier molecular flexibility index (Phi) is 4.82. The fraction of sp³-hybridized carbons (Fsp3) is 0.0952. The number of carbonyl (C=O) groups excluding carboxylic acids is 2. The standard InChI is InChI=1S/C21H18ClN5O2/c1-12-17(21(29)26-15-5-3-2-4-6-15)18(13-7-9-14(22)10-8-13)27-20(25-12)16(11-24-27)19(23)28/h2-11,18,25H,1H3,(H2,23,28)(H,26,29). The number of nitrogens with two attached hydrogens (primary N) is 1. The first-order valence-electron chi connectivity index (χ1n) is 8.92. The van der Waals surface area contributed by atoms with Crippen LogP contribution in [0, 0.1) is 0 Å². The van der Waals surface area contributed by atoms with Gasteiger partial charge in [-0.3, -0.25) is 9.59 Å². The number of anilines is 2. The molecule has 4 N–H and O–H groups in total. The minimum Gasteiger partial charge on any atom is -0.365 e. The second-order valence-corrected chi connectivity index (χ2v) is 7.09. The van der Waals surface area contributed by atoms with E-state index >= 15 is 0 Å². The lowest BCUT2D eigenvalue weighted by molar-refractivity contribution is -0.113. The molecule has 3 aromatic rings. The summed E-state index contributed by atoms with van der Waals surface area (Å²) in [6.45, 7) is 1.78. The van der Waals surface area contributed by atoms with Crippen molar-refractivity contribution in [1.29, 1.82) is 0 Å². The minimum atomic E-state index is -0.599. The molecule has 2 aromatic carbocycles. The molecule has 8 heteroatoms. The summed E-state index contributed by atoms with van der Waals surface area (Å²) in [5.41, 5.74) is 8.30. The monoisotopic (exact) mass is 407 g/mol. The van der Waals surface area contributed by atoms with Crippen molar-refractivity contribution in [3.05, 3.63) is 88.2 Å². The third kappa shape index (κ3) is 3.48. The molecule has 1 aromatic heterocycles. The van der Waals surface area contributed by atoms with Gasteiger partial charge in [0.2, 0.25) is 0 Å². The average Bonchev–Trinajstić information content (AvgIpc) is 3.12. The molecular formula is C21H18ClN5O2. The summed E-state index contributed by atoms with van der Waals surface area (Å²) < 4.78 is 1.59. The van der Waals surface area contributed by atoms with Gasteiger partial charge < -0.3 is 16.4 Å². The number of nitrogens with one attached hydrogen (secondary N) is 2. The van der Waals surface area contributed by atoms with E-state index in [-0.39, 0.29) is 11.5 Å². The maximum absolute atomic E-state index is 13.2. The summed E-state index contributed by atoms with van der Waals surface area (Å²) in [5, 5.41) is 10.9.